The molecule has 0 aliphatic heterocycles. The number of fused-ring (bicyclic) bond motifs is 1. The van der Waals surface area contributed by atoms with Crippen molar-refractivity contribution >= 4 is 55.1 Å². The molecule has 1 aromatic carbocycles. The molecule has 4 rings (SSSR count). The molecule has 0 saturated heterocycles. The quantitative estimate of drug-likeness (QED) is 0.382. The second-order valence-corrected chi connectivity index (χ2v) is 12.4. The molecule has 0 bridgehead atoms. The lowest BCUT2D eigenvalue weighted by Crippen LogP contribution is -2.32. The minimum atomic E-state index is -3.67. The molecule has 0 unspecified atom stereocenters. The number of aryl methyl sites for hydroxylation is 1. The van der Waals surface area contributed by atoms with Gasteiger partial charge in [0, 0.05) is 39.5 Å². The number of rotatable bonds is 9. The zero-order chi connectivity index (χ0) is 25.9. The number of carbonyl (C=O) groups is 1. The van der Waals surface area contributed by atoms with E-state index in [1.807, 2.05) is 43.3 Å². The fourth-order valence-corrected chi connectivity index (χ4v) is 7.10. The van der Waals surface area contributed by atoms with Crippen molar-refractivity contribution in [3.63, 3.8) is 0 Å². The number of anilines is 3. The number of nitrogens with zero attached hydrogens (tertiary/aromatic N) is 4. The van der Waals surface area contributed by atoms with E-state index in [0.717, 1.165) is 60.3 Å². The van der Waals surface area contributed by atoms with Gasteiger partial charge in [0.15, 0.2) is 9.34 Å². The lowest BCUT2D eigenvalue weighted by atomic mass is 9.82. The number of aromatic nitrogens is 3. The average molecular weight is 532 g/mol. The molecule has 1 saturated carbocycles. The summed E-state index contributed by atoms with van der Waals surface area (Å²) in [4.78, 5) is 26.8. The van der Waals surface area contributed by atoms with E-state index < -0.39 is 10.0 Å². The molecule has 1 fully saturated rings. The lowest BCUT2D eigenvalue weighted by Gasteiger charge is -2.28. The van der Waals surface area contributed by atoms with Gasteiger partial charge in [0.2, 0.25) is 11.9 Å². The smallest absolute Gasteiger partial charge is 0.252 e. The maximum absolute atomic E-state index is 12.8. The third kappa shape index (κ3) is 6.29. The molecule has 2 aromatic heterocycles. The number of nitrogens with one attached hydrogen (secondary N) is 3. The Hall–Kier alpha value is -2.83. The van der Waals surface area contributed by atoms with Gasteiger partial charge in [-0.3, -0.25) is 4.79 Å². The summed E-state index contributed by atoms with van der Waals surface area (Å²) in [5.41, 5.74) is 1.30. The number of thiazole rings is 1. The van der Waals surface area contributed by atoms with E-state index in [1.165, 1.54) is 6.92 Å². The van der Waals surface area contributed by atoms with E-state index in [9.17, 15) is 13.2 Å². The van der Waals surface area contributed by atoms with Gasteiger partial charge in [-0.1, -0.05) is 23.5 Å². The number of hydrogen-bond acceptors (Lipinski definition) is 9. The maximum Gasteiger partial charge on any atom is 0.252 e. The van der Waals surface area contributed by atoms with Crippen molar-refractivity contribution in [2.24, 2.45) is 11.8 Å². The van der Waals surface area contributed by atoms with Crippen LogP contribution in [0.15, 0.2) is 28.5 Å². The predicted octanol–water partition coefficient (Wildman–Crippen LogP) is 3.62. The van der Waals surface area contributed by atoms with Crippen LogP contribution in [-0.2, 0) is 14.8 Å². The molecule has 3 N–H and O–H groups in total. The number of sulfonamides is 1. The van der Waals surface area contributed by atoms with E-state index in [2.05, 4.69) is 25.3 Å². The second kappa shape index (κ2) is 11.1. The second-order valence-electron chi connectivity index (χ2n) is 9.48. The first-order chi connectivity index (χ1) is 17.1. The van der Waals surface area contributed by atoms with Crippen LogP contribution in [-0.4, -0.2) is 56.5 Å². The van der Waals surface area contributed by atoms with Crippen molar-refractivity contribution in [2.45, 2.75) is 43.7 Å². The Kier molecular flexibility index (Phi) is 8.06. The third-order valence-electron chi connectivity index (χ3n) is 6.36. The topological polar surface area (TPSA) is 129 Å². The fourth-order valence-electron chi connectivity index (χ4n) is 4.48. The lowest BCUT2D eigenvalue weighted by molar-refractivity contribution is -0.114. The minimum Gasteiger partial charge on any atom is -0.362 e. The van der Waals surface area contributed by atoms with Crippen LogP contribution >= 0.6 is 11.3 Å². The Morgan fingerprint density at radius 2 is 1.72 bits per heavy atom. The molecule has 3 aromatic rings. The largest absolute Gasteiger partial charge is 0.362 e. The van der Waals surface area contributed by atoms with Gasteiger partial charge >= 0.3 is 0 Å². The van der Waals surface area contributed by atoms with Crippen molar-refractivity contribution in [2.75, 3.05) is 42.7 Å². The van der Waals surface area contributed by atoms with Crippen molar-refractivity contribution in [3.8, 4) is 0 Å². The summed E-state index contributed by atoms with van der Waals surface area (Å²) in [6.07, 6.45) is 3.93. The zero-order valence-corrected chi connectivity index (χ0v) is 22.7. The highest BCUT2D eigenvalue weighted by atomic mass is 32.2. The molecule has 10 nitrogen and oxygen atoms in total. The van der Waals surface area contributed by atoms with Crippen LogP contribution in [0.2, 0.25) is 0 Å². The van der Waals surface area contributed by atoms with Gasteiger partial charge in [-0.2, -0.15) is 4.98 Å². The maximum atomic E-state index is 12.8. The van der Waals surface area contributed by atoms with E-state index >= 15 is 0 Å². The van der Waals surface area contributed by atoms with Crippen LogP contribution in [0.1, 0.15) is 38.3 Å². The van der Waals surface area contributed by atoms with Crippen LogP contribution in [0.5, 0.6) is 0 Å². The van der Waals surface area contributed by atoms with E-state index in [4.69, 9.17) is 4.98 Å². The van der Waals surface area contributed by atoms with Crippen molar-refractivity contribution in [1.29, 1.82) is 0 Å². The standard InChI is InChI=1S/C24H33N7O3S2/c1-15-22(35-24(27-15)28-16(2)32)36(33,34)26-14-18-11-9-17(10-12-18)13-25-23-29-20-8-6-5-7-19(20)21(30-23)31(3)4/h5-8,17-18,26H,9-14H2,1-4H3,(H,25,29,30)(H,27,28,32). The number of benzene rings is 1. The number of carbonyl (C=O) groups excluding carboxylic acids is 1. The summed E-state index contributed by atoms with van der Waals surface area (Å²) in [5.74, 6) is 2.01. The van der Waals surface area contributed by atoms with Gasteiger partial charge in [0.25, 0.3) is 10.0 Å². The molecular weight excluding hydrogens is 498 g/mol. The molecule has 194 valence electrons. The van der Waals surface area contributed by atoms with Gasteiger partial charge in [0.05, 0.1) is 11.2 Å². The Bertz CT molecular complexity index is 1330. The number of para-hydroxylation sites is 1. The normalized spacial score (nSPS) is 18.2. The molecule has 36 heavy (non-hydrogen) atoms. The first-order valence-corrected chi connectivity index (χ1v) is 14.3. The summed E-state index contributed by atoms with van der Waals surface area (Å²) in [6, 6.07) is 8.00. The summed E-state index contributed by atoms with van der Waals surface area (Å²) < 4.78 is 28.5. The highest BCUT2D eigenvalue weighted by Crippen LogP contribution is 2.31. The van der Waals surface area contributed by atoms with Crippen LogP contribution < -0.4 is 20.3 Å². The molecule has 1 aliphatic rings. The number of amides is 1. The summed E-state index contributed by atoms with van der Waals surface area (Å²) in [6.45, 7) is 4.19. The molecular formula is C24H33N7O3S2. The SMILES string of the molecule is CC(=O)Nc1nc(C)c(S(=O)(=O)NCC2CCC(CNc3nc(N(C)C)c4ccccc4n3)CC2)s1. The van der Waals surface area contributed by atoms with E-state index in [0.29, 0.717) is 29.2 Å². The zero-order valence-electron chi connectivity index (χ0n) is 21.0. The summed E-state index contributed by atoms with van der Waals surface area (Å²) in [7, 11) is 0.285. The molecule has 0 spiro atoms. The van der Waals surface area contributed by atoms with E-state index in [-0.39, 0.29) is 16.0 Å². The van der Waals surface area contributed by atoms with Crippen LogP contribution in [0.3, 0.4) is 0 Å². The first kappa shape index (κ1) is 26.2. The first-order valence-electron chi connectivity index (χ1n) is 12.0. The van der Waals surface area contributed by atoms with Gasteiger partial charge in [-0.25, -0.2) is 23.1 Å². The molecule has 1 aliphatic carbocycles. The molecule has 0 radical (unpaired) electrons. The van der Waals surface area contributed by atoms with Gasteiger partial charge in [-0.05, 0) is 56.6 Å². The third-order valence-corrected chi connectivity index (χ3v) is 9.47. The Morgan fingerprint density at radius 3 is 2.39 bits per heavy atom. The van der Waals surface area contributed by atoms with Gasteiger partial charge < -0.3 is 15.5 Å². The molecule has 0 atom stereocenters. The van der Waals surface area contributed by atoms with Gasteiger partial charge in [0.1, 0.15) is 5.82 Å². The van der Waals surface area contributed by atoms with Crippen LogP contribution in [0.4, 0.5) is 16.9 Å². The Labute approximate surface area is 216 Å². The predicted molar refractivity (Wildman–Crippen MR) is 144 cm³/mol. The fraction of sp³-hybridized carbons (Fsp3) is 0.500. The molecule has 2 heterocycles. The summed E-state index contributed by atoms with van der Waals surface area (Å²) in [5, 5.41) is 7.29. The Balaban J connectivity index is 1.28. The van der Waals surface area contributed by atoms with Crippen molar-refractivity contribution in [1.82, 2.24) is 19.7 Å². The molecule has 1 amide bonds. The number of hydrogen-bond donors (Lipinski definition) is 3. The highest BCUT2D eigenvalue weighted by Gasteiger charge is 2.26. The van der Waals surface area contributed by atoms with Crippen molar-refractivity contribution in [3.05, 3.63) is 30.0 Å². The van der Waals surface area contributed by atoms with E-state index in [1.54, 1.807) is 6.92 Å². The highest BCUT2D eigenvalue weighted by molar-refractivity contribution is 7.91. The minimum absolute atomic E-state index is 0.150. The van der Waals surface area contributed by atoms with Crippen LogP contribution in [0, 0.1) is 18.8 Å². The monoisotopic (exact) mass is 531 g/mol. The Morgan fingerprint density at radius 1 is 1.06 bits per heavy atom. The van der Waals surface area contributed by atoms with Crippen LogP contribution in [0.25, 0.3) is 10.9 Å². The van der Waals surface area contributed by atoms with Crippen molar-refractivity contribution < 1.29 is 13.2 Å². The van der Waals surface area contributed by atoms with Gasteiger partial charge in [-0.15, -0.1) is 0 Å². The average Bonchev–Trinajstić information content (AvgIpc) is 3.21. The molecule has 12 heteroatoms. The summed E-state index contributed by atoms with van der Waals surface area (Å²) >= 11 is 0.973.